The zero-order chi connectivity index (χ0) is 7.15. The predicted molar refractivity (Wildman–Crippen MR) is 10.8 cm³/mol. The molecule has 9 heavy (non-hydrogen) atoms. The first-order valence-electron chi connectivity index (χ1n) is 1.22. The summed E-state index contributed by atoms with van der Waals surface area (Å²) in [4.78, 5) is 16.7. The molecule has 53 valence electrons. The van der Waals surface area contributed by atoms with Gasteiger partial charge in [-0.15, -0.1) is 0 Å². The van der Waals surface area contributed by atoms with Crippen molar-refractivity contribution < 1.29 is 47.1 Å². The maximum absolute atomic E-state index is 8.33. The molecule has 0 N–H and O–H groups in total. The second-order valence-electron chi connectivity index (χ2n) is 0.500. The molecule has 0 aromatic rings. The number of carbonyl (C=O) groups is 2. The summed E-state index contributed by atoms with van der Waals surface area (Å²) >= 11 is 0. The smallest absolute Gasteiger partial charge is 0.652 e. The van der Waals surface area contributed by atoms with E-state index < -0.39 is 12.3 Å². The first-order valence-corrected chi connectivity index (χ1v) is 1.22. The SMILES string of the molecule is O=C([O-])[O-].O=C([O-])[O-].[Mn+2]. The molecule has 0 aliphatic carbocycles. The van der Waals surface area contributed by atoms with Crippen LogP contribution in [-0.2, 0) is 17.1 Å². The maximum atomic E-state index is 8.33. The van der Waals surface area contributed by atoms with Crippen molar-refractivity contribution in [2.45, 2.75) is 0 Å². The molecule has 1 radical (unpaired) electrons. The summed E-state index contributed by atoms with van der Waals surface area (Å²) in [6, 6.07) is 0. The van der Waals surface area contributed by atoms with Crippen molar-refractivity contribution in [2.75, 3.05) is 0 Å². The second-order valence-corrected chi connectivity index (χ2v) is 0.500. The van der Waals surface area contributed by atoms with Gasteiger partial charge >= 0.3 is 17.1 Å². The molecule has 0 aliphatic heterocycles. The van der Waals surface area contributed by atoms with E-state index in [0.29, 0.717) is 0 Å². The molecule has 0 aromatic heterocycles. The van der Waals surface area contributed by atoms with Crippen LogP contribution in [0.25, 0.3) is 0 Å². The van der Waals surface area contributed by atoms with Crippen LogP contribution >= 0.6 is 0 Å². The van der Waals surface area contributed by atoms with Crippen molar-refractivity contribution in [2.24, 2.45) is 0 Å². The molecule has 0 rings (SSSR count). The summed E-state index contributed by atoms with van der Waals surface area (Å²) in [5.74, 6) is 0. The van der Waals surface area contributed by atoms with Crippen LogP contribution in [0.15, 0.2) is 0 Å². The number of rotatable bonds is 0. The van der Waals surface area contributed by atoms with Crippen LogP contribution in [0.4, 0.5) is 9.59 Å². The zero-order valence-corrected chi connectivity index (χ0v) is 5.01. The Bertz CT molecular complexity index is 69.1. The summed E-state index contributed by atoms with van der Waals surface area (Å²) in [6.45, 7) is 0. The summed E-state index contributed by atoms with van der Waals surface area (Å²) in [5, 5.41) is 33.3. The summed E-state index contributed by atoms with van der Waals surface area (Å²) in [5.41, 5.74) is 0. The van der Waals surface area contributed by atoms with Gasteiger partial charge in [-0.05, 0) is 12.3 Å². The molecule has 0 saturated carbocycles. The quantitative estimate of drug-likeness (QED) is 0.339. The molecule has 0 atom stereocenters. The Kier molecular flexibility index (Phi) is 17.7. The average molecular weight is 175 g/mol. The normalized spacial score (nSPS) is 5.33. The second kappa shape index (κ2) is 10.1. The molecular formula is C2MnO6-2. The molecule has 0 amide bonds. The minimum Gasteiger partial charge on any atom is -0.652 e. The molecule has 0 spiro atoms. The summed E-state index contributed by atoms with van der Waals surface area (Å²) < 4.78 is 0. The van der Waals surface area contributed by atoms with Crippen molar-refractivity contribution in [1.29, 1.82) is 0 Å². The van der Waals surface area contributed by atoms with E-state index in [2.05, 4.69) is 0 Å². The van der Waals surface area contributed by atoms with Crippen LogP contribution in [0.2, 0.25) is 0 Å². The van der Waals surface area contributed by atoms with E-state index in [9.17, 15) is 0 Å². The first-order chi connectivity index (χ1) is 3.46. The van der Waals surface area contributed by atoms with Crippen LogP contribution < -0.4 is 20.4 Å². The minimum atomic E-state index is -2.33. The van der Waals surface area contributed by atoms with E-state index in [0.717, 1.165) is 0 Å². The number of hydrogen-bond donors (Lipinski definition) is 0. The van der Waals surface area contributed by atoms with Crippen molar-refractivity contribution in [1.82, 2.24) is 0 Å². The van der Waals surface area contributed by atoms with E-state index >= 15 is 0 Å². The van der Waals surface area contributed by atoms with Gasteiger partial charge in [0.15, 0.2) is 0 Å². The summed E-state index contributed by atoms with van der Waals surface area (Å²) in [6.07, 6.45) is -4.67. The standard InChI is InChI=1S/2CH2O3.Mn/c2*2-1(3)4;/h2*(H2,2,3,4);/q;;+2/p-4. The van der Waals surface area contributed by atoms with Gasteiger partial charge in [-0.3, -0.25) is 0 Å². The van der Waals surface area contributed by atoms with Gasteiger partial charge < -0.3 is 30.0 Å². The van der Waals surface area contributed by atoms with Gasteiger partial charge in [0, 0.05) is 0 Å². The third-order valence-electron chi connectivity index (χ3n) is 0. The monoisotopic (exact) mass is 175 g/mol. The molecule has 0 unspecified atom stereocenters. The van der Waals surface area contributed by atoms with Gasteiger partial charge in [0.05, 0.1) is 0 Å². The molecule has 0 bridgehead atoms. The Morgan fingerprint density at radius 1 is 0.778 bits per heavy atom. The van der Waals surface area contributed by atoms with E-state index in [1.807, 2.05) is 0 Å². The van der Waals surface area contributed by atoms with Gasteiger partial charge in [0.1, 0.15) is 0 Å². The van der Waals surface area contributed by atoms with Gasteiger partial charge in [-0.1, -0.05) is 0 Å². The van der Waals surface area contributed by atoms with Gasteiger partial charge in [0.2, 0.25) is 0 Å². The Labute approximate surface area is 60.2 Å². The Balaban J connectivity index is -0.0000000720. The molecule has 0 saturated heterocycles. The van der Waals surface area contributed by atoms with Crippen LogP contribution in [0.3, 0.4) is 0 Å². The zero-order valence-electron chi connectivity index (χ0n) is 3.83. The molecule has 0 fully saturated rings. The third kappa shape index (κ3) is 204. The largest absolute Gasteiger partial charge is 2.00 e. The minimum absolute atomic E-state index is 0. The fourth-order valence-electron chi connectivity index (χ4n) is 0. The molecule has 0 aliphatic rings. The summed E-state index contributed by atoms with van der Waals surface area (Å²) in [7, 11) is 0. The van der Waals surface area contributed by atoms with Crippen LogP contribution in [0.1, 0.15) is 0 Å². The molecule has 6 nitrogen and oxygen atoms in total. The fraction of sp³-hybridized carbons (Fsp3) is 0. The van der Waals surface area contributed by atoms with Crippen molar-refractivity contribution in [3.8, 4) is 0 Å². The Hall–Kier alpha value is -0.941. The van der Waals surface area contributed by atoms with Gasteiger partial charge in [-0.25, -0.2) is 0 Å². The first kappa shape index (κ1) is 15.7. The van der Waals surface area contributed by atoms with E-state index in [-0.39, 0.29) is 17.1 Å². The van der Waals surface area contributed by atoms with Crippen molar-refractivity contribution >= 4 is 12.3 Å². The van der Waals surface area contributed by atoms with Crippen molar-refractivity contribution in [3.05, 3.63) is 0 Å². The third-order valence-corrected chi connectivity index (χ3v) is 0. The van der Waals surface area contributed by atoms with E-state index in [4.69, 9.17) is 30.0 Å². The van der Waals surface area contributed by atoms with Gasteiger partial charge in [-0.2, -0.15) is 0 Å². The number of hydrogen-bond acceptors (Lipinski definition) is 6. The Morgan fingerprint density at radius 3 is 0.778 bits per heavy atom. The number of carbonyl (C=O) groups excluding carboxylic acids is 2. The molecular weight excluding hydrogens is 175 g/mol. The molecule has 7 heteroatoms. The molecule has 0 heterocycles. The van der Waals surface area contributed by atoms with E-state index in [1.54, 1.807) is 0 Å². The predicted octanol–water partition coefficient (Wildman–Crippen LogP) is -4.90. The van der Waals surface area contributed by atoms with Crippen molar-refractivity contribution in [3.63, 3.8) is 0 Å². The van der Waals surface area contributed by atoms with E-state index in [1.165, 1.54) is 0 Å². The number of carboxylic acid groups (broad SMARTS) is 4. The van der Waals surface area contributed by atoms with Gasteiger partial charge in [0.25, 0.3) is 0 Å². The van der Waals surface area contributed by atoms with Crippen LogP contribution in [0.5, 0.6) is 0 Å². The molecule has 0 aromatic carbocycles. The van der Waals surface area contributed by atoms with Crippen LogP contribution in [-0.4, -0.2) is 12.3 Å². The maximum Gasteiger partial charge on any atom is 2.00 e. The average Bonchev–Trinajstić information content (AvgIpc) is 1.25. The fourth-order valence-corrected chi connectivity index (χ4v) is 0. The topological polar surface area (TPSA) is 126 Å². The Morgan fingerprint density at radius 2 is 0.778 bits per heavy atom. The van der Waals surface area contributed by atoms with Crippen LogP contribution in [0, 0.1) is 0 Å².